The van der Waals surface area contributed by atoms with Crippen LogP contribution in [0.3, 0.4) is 0 Å². The fourth-order valence-electron chi connectivity index (χ4n) is 3.53. The van der Waals surface area contributed by atoms with Crippen LogP contribution in [0.1, 0.15) is 55.2 Å². The fourth-order valence-corrected chi connectivity index (χ4v) is 3.53. The Hall–Kier alpha value is -1.22. The lowest BCUT2D eigenvalue weighted by atomic mass is 9.72. The molecule has 20 heavy (non-hydrogen) atoms. The standard InChI is InChI=1S/C17H26O3/c1-10-6-7-13(12(3)9-18)14-8-11(2)16(19-4)17(20-5)15(10)14/h8,10,12-13,18H,6-7,9H2,1-5H3/t10-,12+,13-/m0/s1. The van der Waals surface area contributed by atoms with Gasteiger partial charge in [0.15, 0.2) is 11.5 Å². The second-order valence-electron chi connectivity index (χ2n) is 6.01. The van der Waals surface area contributed by atoms with E-state index in [4.69, 9.17) is 9.47 Å². The molecule has 112 valence electrons. The Morgan fingerprint density at radius 2 is 1.90 bits per heavy atom. The number of methoxy groups -OCH3 is 2. The van der Waals surface area contributed by atoms with Crippen molar-refractivity contribution in [1.82, 2.24) is 0 Å². The second-order valence-corrected chi connectivity index (χ2v) is 6.01. The van der Waals surface area contributed by atoms with Crippen LogP contribution in [0.25, 0.3) is 0 Å². The molecular weight excluding hydrogens is 252 g/mol. The van der Waals surface area contributed by atoms with Crippen LogP contribution in [0.2, 0.25) is 0 Å². The van der Waals surface area contributed by atoms with Crippen molar-refractivity contribution in [3.8, 4) is 11.5 Å². The van der Waals surface area contributed by atoms with Gasteiger partial charge in [-0.25, -0.2) is 0 Å². The van der Waals surface area contributed by atoms with E-state index in [1.807, 2.05) is 0 Å². The third-order valence-electron chi connectivity index (χ3n) is 4.68. The molecule has 0 saturated carbocycles. The van der Waals surface area contributed by atoms with Gasteiger partial charge in [0, 0.05) is 12.2 Å². The minimum Gasteiger partial charge on any atom is -0.493 e. The lowest BCUT2D eigenvalue weighted by Crippen LogP contribution is -2.22. The van der Waals surface area contributed by atoms with Crippen LogP contribution in [0, 0.1) is 12.8 Å². The summed E-state index contributed by atoms with van der Waals surface area (Å²) in [5.74, 6) is 2.88. The number of aliphatic hydroxyl groups is 1. The summed E-state index contributed by atoms with van der Waals surface area (Å²) in [5, 5.41) is 9.52. The van der Waals surface area contributed by atoms with Gasteiger partial charge in [-0.05, 0) is 48.6 Å². The lowest BCUT2D eigenvalue weighted by molar-refractivity contribution is 0.205. The van der Waals surface area contributed by atoms with Gasteiger partial charge in [-0.2, -0.15) is 0 Å². The number of aryl methyl sites for hydroxylation is 1. The smallest absolute Gasteiger partial charge is 0.164 e. The van der Waals surface area contributed by atoms with Gasteiger partial charge in [0.2, 0.25) is 0 Å². The van der Waals surface area contributed by atoms with E-state index in [1.165, 1.54) is 11.1 Å². The van der Waals surface area contributed by atoms with Gasteiger partial charge in [-0.15, -0.1) is 0 Å². The summed E-state index contributed by atoms with van der Waals surface area (Å²) in [7, 11) is 3.40. The van der Waals surface area contributed by atoms with Crippen LogP contribution < -0.4 is 9.47 Å². The fraction of sp³-hybridized carbons (Fsp3) is 0.647. The Kier molecular flexibility index (Phi) is 4.59. The second kappa shape index (κ2) is 6.04. The molecular formula is C17H26O3. The Bertz CT molecular complexity index is 482. The van der Waals surface area contributed by atoms with E-state index in [0.717, 1.165) is 29.9 Å². The first-order chi connectivity index (χ1) is 9.54. The normalized spacial score (nSPS) is 23.1. The van der Waals surface area contributed by atoms with Crippen molar-refractivity contribution in [3.05, 3.63) is 22.8 Å². The molecule has 1 aromatic carbocycles. The van der Waals surface area contributed by atoms with Crippen LogP contribution in [-0.2, 0) is 0 Å². The topological polar surface area (TPSA) is 38.7 Å². The average Bonchev–Trinajstić information content (AvgIpc) is 2.45. The maximum atomic E-state index is 9.52. The molecule has 1 N–H and O–H groups in total. The minimum absolute atomic E-state index is 0.228. The van der Waals surface area contributed by atoms with Gasteiger partial charge in [0.1, 0.15) is 0 Å². The molecule has 1 aliphatic rings. The summed E-state index contributed by atoms with van der Waals surface area (Å²) in [4.78, 5) is 0. The van der Waals surface area contributed by atoms with Gasteiger partial charge in [0.05, 0.1) is 14.2 Å². The van der Waals surface area contributed by atoms with Crippen molar-refractivity contribution in [2.75, 3.05) is 20.8 Å². The number of rotatable bonds is 4. The summed E-state index contributed by atoms with van der Waals surface area (Å²) in [5.41, 5.74) is 3.71. The quantitative estimate of drug-likeness (QED) is 0.914. The number of aliphatic hydroxyl groups excluding tert-OH is 1. The highest BCUT2D eigenvalue weighted by Gasteiger charge is 2.32. The van der Waals surface area contributed by atoms with Gasteiger partial charge >= 0.3 is 0 Å². The van der Waals surface area contributed by atoms with E-state index >= 15 is 0 Å². The predicted molar refractivity (Wildman–Crippen MR) is 80.9 cm³/mol. The van der Waals surface area contributed by atoms with E-state index < -0.39 is 0 Å². The number of fused-ring (bicyclic) bond motifs is 1. The Morgan fingerprint density at radius 3 is 2.45 bits per heavy atom. The van der Waals surface area contributed by atoms with E-state index in [2.05, 4.69) is 26.8 Å². The Balaban J connectivity index is 2.63. The van der Waals surface area contributed by atoms with Crippen LogP contribution >= 0.6 is 0 Å². The van der Waals surface area contributed by atoms with E-state index in [1.54, 1.807) is 14.2 Å². The van der Waals surface area contributed by atoms with Crippen LogP contribution in [0.4, 0.5) is 0 Å². The van der Waals surface area contributed by atoms with Crippen molar-refractivity contribution < 1.29 is 14.6 Å². The van der Waals surface area contributed by atoms with Crippen LogP contribution in [0.5, 0.6) is 11.5 Å². The zero-order valence-corrected chi connectivity index (χ0v) is 13.2. The lowest BCUT2D eigenvalue weighted by Gasteiger charge is -2.35. The van der Waals surface area contributed by atoms with Gasteiger partial charge in [0.25, 0.3) is 0 Å². The number of hydrogen-bond acceptors (Lipinski definition) is 3. The molecule has 0 amide bonds. The van der Waals surface area contributed by atoms with E-state index in [9.17, 15) is 5.11 Å². The first-order valence-electron chi connectivity index (χ1n) is 7.41. The highest BCUT2D eigenvalue weighted by Crippen LogP contribution is 2.50. The van der Waals surface area contributed by atoms with Gasteiger partial charge in [-0.3, -0.25) is 0 Å². The van der Waals surface area contributed by atoms with E-state index in [-0.39, 0.29) is 12.5 Å². The molecule has 1 aliphatic carbocycles. The van der Waals surface area contributed by atoms with Crippen molar-refractivity contribution >= 4 is 0 Å². The Morgan fingerprint density at radius 1 is 1.25 bits per heavy atom. The molecule has 1 aromatic rings. The molecule has 3 heteroatoms. The van der Waals surface area contributed by atoms with Crippen LogP contribution in [-0.4, -0.2) is 25.9 Å². The molecule has 0 radical (unpaired) electrons. The molecule has 0 spiro atoms. The monoisotopic (exact) mass is 278 g/mol. The molecule has 0 aliphatic heterocycles. The zero-order chi connectivity index (χ0) is 14.9. The summed E-state index contributed by atoms with van der Waals surface area (Å²) < 4.78 is 11.2. The zero-order valence-electron chi connectivity index (χ0n) is 13.2. The molecule has 0 bridgehead atoms. The van der Waals surface area contributed by atoms with Gasteiger partial charge in [-0.1, -0.05) is 19.9 Å². The predicted octanol–water partition coefficient (Wildman–Crippen LogP) is 3.62. The number of hydrogen-bond donors (Lipinski definition) is 1. The SMILES string of the molecule is COc1c(C)cc2c(c1OC)[C@@H](C)CC[C@H]2[C@H](C)CO. The van der Waals surface area contributed by atoms with Crippen molar-refractivity contribution in [3.63, 3.8) is 0 Å². The third-order valence-corrected chi connectivity index (χ3v) is 4.68. The summed E-state index contributed by atoms with van der Waals surface area (Å²) in [6.07, 6.45) is 2.26. The molecule has 0 fully saturated rings. The van der Waals surface area contributed by atoms with Crippen molar-refractivity contribution in [2.45, 2.75) is 45.4 Å². The molecule has 0 unspecified atom stereocenters. The molecule has 3 atom stereocenters. The first-order valence-corrected chi connectivity index (χ1v) is 7.41. The van der Waals surface area contributed by atoms with Crippen LogP contribution in [0.15, 0.2) is 6.07 Å². The number of ether oxygens (including phenoxy) is 2. The maximum absolute atomic E-state index is 9.52. The molecule has 0 saturated heterocycles. The molecule has 3 nitrogen and oxygen atoms in total. The largest absolute Gasteiger partial charge is 0.493 e. The highest BCUT2D eigenvalue weighted by molar-refractivity contribution is 5.58. The molecule has 0 heterocycles. The van der Waals surface area contributed by atoms with Crippen molar-refractivity contribution in [1.29, 1.82) is 0 Å². The average molecular weight is 278 g/mol. The van der Waals surface area contributed by atoms with E-state index in [0.29, 0.717) is 11.8 Å². The molecule has 0 aromatic heterocycles. The highest BCUT2D eigenvalue weighted by atomic mass is 16.5. The maximum Gasteiger partial charge on any atom is 0.164 e. The third kappa shape index (κ3) is 2.39. The summed E-state index contributed by atoms with van der Waals surface area (Å²) in [6.45, 7) is 6.65. The first kappa shape index (κ1) is 15.2. The minimum atomic E-state index is 0.228. The molecule has 2 rings (SSSR count). The van der Waals surface area contributed by atoms with Crippen molar-refractivity contribution in [2.24, 2.45) is 5.92 Å². The Labute approximate surface area is 121 Å². The summed E-state index contributed by atoms with van der Waals surface area (Å²) >= 11 is 0. The van der Waals surface area contributed by atoms with Gasteiger partial charge < -0.3 is 14.6 Å². The summed E-state index contributed by atoms with van der Waals surface area (Å²) in [6, 6.07) is 2.23. The number of benzene rings is 1.